The molecule has 0 aromatic heterocycles. The van der Waals surface area contributed by atoms with E-state index in [0.29, 0.717) is 0 Å². The minimum Gasteiger partial charge on any atom is -0.550 e. The largest absolute Gasteiger partial charge is 1.00 e. The maximum absolute atomic E-state index is 10.8. The van der Waals surface area contributed by atoms with Crippen LogP contribution >= 0.6 is 0 Å². The normalized spacial score (nSPS) is 11.6. The van der Waals surface area contributed by atoms with Crippen LogP contribution in [0.1, 0.15) is 129 Å². The molecule has 1 unspecified atom stereocenters. The molecule has 4 nitrogen and oxygen atoms in total. The van der Waals surface area contributed by atoms with E-state index in [1.54, 1.807) is 6.08 Å². The maximum Gasteiger partial charge on any atom is 1.00 e. The summed E-state index contributed by atoms with van der Waals surface area (Å²) < 4.78 is 0. The number of carbonyl (C=O) groups is 2. The summed E-state index contributed by atoms with van der Waals surface area (Å²) in [5.41, 5.74) is 0. The second-order valence-corrected chi connectivity index (χ2v) is 8.38. The summed E-state index contributed by atoms with van der Waals surface area (Å²) in [6.07, 6.45) is 26.1. The van der Waals surface area contributed by atoms with E-state index in [0.717, 1.165) is 19.3 Å². The summed E-state index contributed by atoms with van der Waals surface area (Å²) in [7, 11) is 0. The first-order valence-corrected chi connectivity index (χ1v) is 12.1. The SMILES string of the molecule is CCCCCCCCCCCCCCCCCCC/C=C/C(CC(=O)[O-])C(=O)[O-].[Na+].[Na+]. The van der Waals surface area contributed by atoms with Crippen molar-refractivity contribution in [2.24, 2.45) is 5.92 Å². The molecule has 6 heteroatoms. The average Bonchev–Trinajstić information content (AvgIpc) is 2.68. The van der Waals surface area contributed by atoms with Gasteiger partial charge in [-0.1, -0.05) is 122 Å². The Morgan fingerprint density at radius 1 is 0.645 bits per heavy atom. The summed E-state index contributed by atoms with van der Waals surface area (Å²) in [6, 6.07) is 0. The molecular formula is C25H44Na2O4. The van der Waals surface area contributed by atoms with E-state index in [1.807, 2.05) is 0 Å². The summed E-state index contributed by atoms with van der Waals surface area (Å²) in [5, 5.41) is 21.3. The number of rotatable bonds is 22. The Labute approximate surface area is 236 Å². The van der Waals surface area contributed by atoms with E-state index in [4.69, 9.17) is 0 Å². The van der Waals surface area contributed by atoms with Crippen molar-refractivity contribution in [3.8, 4) is 0 Å². The molecule has 0 amide bonds. The molecule has 1 atom stereocenters. The molecule has 0 saturated carbocycles. The zero-order chi connectivity index (χ0) is 21.6. The van der Waals surface area contributed by atoms with Gasteiger partial charge in [-0.15, -0.1) is 0 Å². The van der Waals surface area contributed by atoms with Gasteiger partial charge in [-0.25, -0.2) is 0 Å². The molecule has 0 aromatic rings. The van der Waals surface area contributed by atoms with Gasteiger partial charge in [0.15, 0.2) is 0 Å². The van der Waals surface area contributed by atoms with Gasteiger partial charge in [-0.05, 0) is 19.3 Å². The molecule has 31 heavy (non-hydrogen) atoms. The van der Waals surface area contributed by atoms with Gasteiger partial charge in [0.25, 0.3) is 0 Å². The Bertz CT molecular complexity index is 428. The molecule has 170 valence electrons. The summed E-state index contributed by atoms with van der Waals surface area (Å²) in [6.45, 7) is 2.27. The fourth-order valence-electron chi connectivity index (χ4n) is 3.66. The van der Waals surface area contributed by atoms with E-state index in [-0.39, 0.29) is 59.1 Å². The van der Waals surface area contributed by atoms with Gasteiger partial charge in [-0.2, -0.15) is 0 Å². The van der Waals surface area contributed by atoms with Gasteiger partial charge in [0, 0.05) is 17.9 Å². The van der Waals surface area contributed by atoms with Gasteiger partial charge in [0.1, 0.15) is 0 Å². The monoisotopic (exact) mass is 454 g/mol. The van der Waals surface area contributed by atoms with Crippen molar-refractivity contribution in [1.29, 1.82) is 0 Å². The Kier molecular flexibility index (Phi) is 33.6. The van der Waals surface area contributed by atoms with Crippen molar-refractivity contribution in [1.82, 2.24) is 0 Å². The minimum absolute atomic E-state index is 0. The van der Waals surface area contributed by atoms with Crippen LogP contribution in [0.25, 0.3) is 0 Å². The molecule has 0 N–H and O–H groups in total. The van der Waals surface area contributed by atoms with Crippen LogP contribution in [0.4, 0.5) is 0 Å². The van der Waals surface area contributed by atoms with Crippen molar-refractivity contribution in [2.45, 2.75) is 129 Å². The quantitative estimate of drug-likeness (QED) is 0.121. The molecule has 0 bridgehead atoms. The van der Waals surface area contributed by atoms with Gasteiger partial charge in [0.2, 0.25) is 0 Å². The molecule has 0 spiro atoms. The summed E-state index contributed by atoms with van der Waals surface area (Å²) in [5.74, 6) is -3.79. The predicted molar refractivity (Wildman–Crippen MR) is 116 cm³/mol. The number of carbonyl (C=O) groups excluding carboxylic acids is 2. The first-order valence-electron chi connectivity index (χ1n) is 12.1. The molecule has 0 heterocycles. The Morgan fingerprint density at radius 2 is 1.00 bits per heavy atom. The smallest absolute Gasteiger partial charge is 0.550 e. The van der Waals surface area contributed by atoms with Crippen molar-refractivity contribution in [3.05, 3.63) is 12.2 Å². The van der Waals surface area contributed by atoms with E-state index >= 15 is 0 Å². The third-order valence-corrected chi connectivity index (χ3v) is 5.53. The fraction of sp³-hybridized carbons (Fsp3) is 0.840. The van der Waals surface area contributed by atoms with Crippen LogP contribution in [0.2, 0.25) is 0 Å². The van der Waals surface area contributed by atoms with E-state index in [9.17, 15) is 19.8 Å². The van der Waals surface area contributed by atoms with Crippen LogP contribution in [0.5, 0.6) is 0 Å². The fourth-order valence-corrected chi connectivity index (χ4v) is 3.66. The van der Waals surface area contributed by atoms with Crippen LogP contribution in [-0.4, -0.2) is 11.9 Å². The molecular weight excluding hydrogens is 410 g/mol. The van der Waals surface area contributed by atoms with Crippen LogP contribution in [0.15, 0.2) is 12.2 Å². The molecule has 0 aliphatic heterocycles. The topological polar surface area (TPSA) is 80.3 Å². The van der Waals surface area contributed by atoms with E-state index < -0.39 is 24.3 Å². The molecule has 0 aliphatic carbocycles. The Balaban J connectivity index is -0.00000392. The third-order valence-electron chi connectivity index (χ3n) is 5.53. The number of allylic oxidation sites excluding steroid dienone is 1. The van der Waals surface area contributed by atoms with Crippen LogP contribution < -0.4 is 69.3 Å². The van der Waals surface area contributed by atoms with Crippen LogP contribution in [0.3, 0.4) is 0 Å². The molecule has 0 aliphatic rings. The zero-order valence-corrected chi connectivity index (χ0v) is 24.8. The summed E-state index contributed by atoms with van der Waals surface area (Å²) >= 11 is 0. The first kappa shape index (κ1) is 36.3. The number of unbranched alkanes of at least 4 members (excludes halogenated alkanes) is 17. The zero-order valence-electron chi connectivity index (χ0n) is 20.8. The van der Waals surface area contributed by atoms with E-state index in [2.05, 4.69) is 6.92 Å². The molecule has 0 aromatic carbocycles. The van der Waals surface area contributed by atoms with Crippen LogP contribution in [0, 0.1) is 5.92 Å². The van der Waals surface area contributed by atoms with Crippen LogP contribution in [-0.2, 0) is 9.59 Å². The summed E-state index contributed by atoms with van der Waals surface area (Å²) in [4.78, 5) is 21.3. The van der Waals surface area contributed by atoms with Crippen molar-refractivity contribution < 1.29 is 78.9 Å². The second kappa shape index (κ2) is 28.7. The van der Waals surface area contributed by atoms with E-state index in [1.165, 1.54) is 102 Å². The first-order chi connectivity index (χ1) is 14.1. The van der Waals surface area contributed by atoms with Crippen molar-refractivity contribution >= 4 is 11.9 Å². The van der Waals surface area contributed by atoms with Crippen molar-refractivity contribution in [2.75, 3.05) is 0 Å². The molecule has 0 rings (SSSR count). The molecule has 0 saturated heterocycles. The van der Waals surface area contributed by atoms with Gasteiger partial charge in [-0.3, -0.25) is 0 Å². The molecule has 0 radical (unpaired) electrons. The Morgan fingerprint density at radius 3 is 1.32 bits per heavy atom. The predicted octanol–water partition coefficient (Wildman–Crippen LogP) is -0.902. The molecule has 0 fully saturated rings. The standard InChI is InChI=1S/C25H46O4.2Na/c1-2-3-4-5-6-7-8-9-10-11-12-13-14-15-16-17-18-19-20-21-23(25(28)29)22-24(26)27;;/h20-21,23H,2-19,22H2,1H3,(H,26,27)(H,28,29);;/q;2*+1/p-2/b21-20+;;. The number of carboxylic acids is 2. The van der Waals surface area contributed by atoms with Gasteiger partial charge >= 0.3 is 59.1 Å². The third kappa shape index (κ3) is 28.6. The van der Waals surface area contributed by atoms with Gasteiger partial charge in [0.05, 0.1) is 0 Å². The van der Waals surface area contributed by atoms with Gasteiger partial charge < -0.3 is 19.8 Å². The number of hydrogen-bond acceptors (Lipinski definition) is 4. The van der Waals surface area contributed by atoms with Crippen molar-refractivity contribution in [3.63, 3.8) is 0 Å². The number of aliphatic carboxylic acids is 2. The number of carboxylic acid groups (broad SMARTS) is 2. The minimum atomic E-state index is -1.36. The number of hydrogen-bond donors (Lipinski definition) is 0. The maximum atomic E-state index is 10.8. The average molecular weight is 455 g/mol. The Hall–Kier alpha value is 0.680. The second-order valence-electron chi connectivity index (χ2n) is 8.38.